The van der Waals surface area contributed by atoms with E-state index in [0.29, 0.717) is 18.0 Å². The first-order valence-electron chi connectivity index (χ1n) is 9.63. The first-order chi connectivity index (χ1) is 14.4. The molecule has 0 spiro atoms. The van der Waals surface area contributed by atoms with Gasteiger partial charge in [0, 0.05) is 23.1 Å². The molecule has 1 N–H and O–H groups in total. The van der Waals surface area contributed by atoms with Crippen LogP contribution in [0.5, 0.6) is 5.75 Å². The van der Waals surface area contributed by atoms with Crippen molar-refractivity contribution in [3.05, 3.63) is 52.5 Å². The topological polar surface area (TPSA) is 84.9 Å². The molecule has 1 saturated heterocycles. The van der Waals surface area contributed by atoms with Gasteiger partial charge in [-0.25, -0.2) is 0 Å². The van der Waals surface area contributed by atoms with Crippen LogP contribution >= 0.6 is 15.9 Å². The number of rotatable bonds is 7. The van der Waals surface area contributed by atoms with Crippen molar-refractivity contribution in [1.29, 1.82) is 0 Å². The fourth-order valence-corrected chi connectivity index (χ4v) is 3.76. The van der Waals surface area contributed by atoms with Crippen LogP contribution in [0.25, 0.3) is 0 Å². The minimum absolute atomic E-state index is 0.0528. The predicted octanol–water partition coefficient (Wildman–Crippen LogP) is 3.69. The molecule has 1 aliphatic rings. The molecule has 1 fully saturated rings. The highest BCUT2D eigenvalue weighted by atomic mass is 79.9. The Morgan fingerprint density at radius 3 is 2.60 bits per heavy atom. The van der Waals surface area contributed by atoms with Crippen molar-refractivity contribution in [2.24, 2.45) is 5.92 Å². The lowest BCUT2D eigenvalue weighted by Crippen LogP contribution is -2.28. The second-order valence-electron chi connectivity index (χ2n) is 6.97. The van der Waals surface area contributed by atoms with E-state index < -0.39 is 24.4 Å². The van der Waals surface area contributed by atoms with Crippen LogP contribution in [-0.2, 0) is 19.1 Å². The van der Waals surface area contributed by atoms with Crippen LogP contribution in [0, 0.1) is 12.8 Å². The molecule has 7 nitrogen and oxygen atoms in total. The molecular formula is C22H23BrN2O5. The molecule has 30 heavy (non-hydrogen) atoms. The number of benzene rings is 2. The van der Waals surface area contributed by atoms with E-state index in [2.05, 4.69) is 21.2 Å². The molecule has 8 heteroatoms. The zero-order valence-electron chi connectivity index (χ0n) is 16.8. The average molecular weight is 475 g/mol. The summed E-state index contributed by atoms with van der Waals surface area (Å²) in [4.78, 5) is 38.4. The standard InChI is InChI=1S/C22H23BrN2O5/c1-3-29-17-7-5-16(6-8-17)25-12-15(11-21(25)27)22(28)30-13-20(26)24-19-9-4-14(2)10-18(19)23/h4-10,15H,3,11-13H2,1-2H3,(H,24,26). The van der Waals surface area contributed by atoms with Gasteiger partial charge in [0.05, 0.1) is 18.2 Å². The van der Waals surface area contributed by atoms with E-state index in [9.17, 15) is 14.4 Å². The van der Waals surface area contributed by atoms with Crippen LogP contribution in [0.2, 0.25) is 0 Å². The van der Waals surface area contributed by atoms with Crippen molar-refractivity contribution in [2.45, 2.75) is 20.3 Å². The number of hydrogen-bond acceptors (Lipinski definition) is 5. The molecule has 0 bridgehead atoms. The van der Waals surface area contributed by atoms with Gasteiger partial charge in [0.15, 0.2) is 6.61 Å². The molecule has 2 amide bonds. The van der Waals surface area contributed by atoms with Crippen LogP contribution < -0.4 is 15.0 Å². The van der Waals surface area contributed by atoms with E-state index in [1.54, 1.807) is 35.2 Å². The minimum Gasteiger partial charge on any atom is -0.494 e. The second kappa shape index (κ2) is 9.75. The Bertz CT molecular complexity index is 945. The van der Waals surface area contributed by atoms with E-state index in [4.69, 9.17) is 9.47 Å². The Morgan fingerprint density at radius 1 is 1.20 bits per heavy atom. The molecule has 1 heterocycles. The maximum Gasteiger partial charge on any atom is 0.311 e. The fraction of sp³-hybridized carbons (Fsp3) is 0.318. The molecule has 1 aliphatic heterocycles. The quantitative estimate of drug-likeness (QED) is 0.618. The molecule has 3 rings (SSSR count). The number of halogens is 1. The summed E-state index contributed by atoms with van der Waals surface area (Å²) in [5, 5.41) is 2.69. The number of anilines is 2. The van der Waals surface area contributed by atoms with Crippen molar-refractivity contribution in [3.8, 4) is 5.75 Å². The summed E-state index contributed by atoms with van der Waals surface area (Å²) in [6.45, 7) is 4.21. The number of aryl methyl sites for hydroxylation is 1. The van der Waals surface area contributed by atoms with Gasteiger partial charge in [-0.1, -0.05) is 6.07 Å². The normalized spacial score (nSPS) is 15.8. The number of ether oxygens (including phenoxy) is 2. The van der Waals surface area contributed by atoms with Crippen molar-refractivity contribution in [3.63, 3.8) is 0 Å². The van der Waals surface area contributed by atoms with Crippen molar-refractivity contribution in [1.82, 2.24) is 0 Å². The zero-order valence-corrected chi connectivity index (χ0v) is 18.4. The van der Waals surface area contributed by atoms with Gasteiger partial charge in [0.2, 0.25) is 5.91 Å². The van der Waals surface area contributed by atoms with Crippen LogP contribution in [-0.4, -0.2) is 37.5 Å². The Kier molecular flexibility index (Phi) is 7.10. The highest BCUT2D eigenvalue weighted by Crippen LogP contribution is 2.28. The lowest BCUT2D eigenvalue weighted by atomic mass is 10.1. The third kappa shape index (κ3) is 5.38. The second-order valence-corrected chi connectivity index (χ2v) is 7.83. The van der Waals surface area contributed by atoms with E-state index in [1.807, 2.05) is 26.0 Å². The van der Waals surface area contributed by atoms with Gasteiger partial charge in [-0.2, -0.15) is 0 Å². The Balaban J connectivity index is 1.52. The number of carbonyl (C=O) groups is 3. The van der Waals surface area contributed by atoms with Crippen LogP contribution in [0.3, 0.4) is 0 Å². The van der Waals surface area contributed by atoms with Crippen LogP contribution in [0.1, 0.15) is 18.9 Å². The largest absolute Gasteiger partial charge is 0.494 e. The predicted molar refractivity (Wildman–Crippen MR) is 117 cm³/mol. The Hall–Kier alpha value is -2.87. The SMILES string of the molecule is CCOc1ccc(N2CC(C(=O)OCC(=O)Nc3ccc(C)cc3Br)CC2=O)cc1. The summed E-state index contributed by atoms with van der Waals surface area (Å²) in [5.74, 6) is -1.05. The maximum absolute atomic E-state index is 12.4. The molecule has 0 aromatic heterocycles. The van der Waals surface area contributed by atoms with E-state index >= 15 is 0 Å². The third-order valence-corrected chi connectivity index (χ3v) is 5.32. The Morgan fingerprint density at radius 2 is 1.93 bits per heavy atom. The summed E-state index contributed by atoms with van der Waals surface area (Å²) in [6, 6.07) is 12.6. The number of nitrogens with zero attached hydrogens (tertiary/aromatic N) is 1. The molecular weight excluding hydrogens is 452 g/mol. The maximum atomic E-state index is 12.4. The summed E-state index contributed by atoms with van der Waals surface area (Å²) < 4.78 is 11.3. The zero-order chi connectivity index (χ0) is 21.7. The number of carbonyl (C=O) groups excluding carboxylic acids is 3. The van der Waals surface area contributed by atoms with E-state index in [-0.39, 0.29) is 18.9 Å². The minimum atomic E-state index is -0.608. The summed E-state index contributed by atoms with van der Waals surface area (Å²) in [5.41, 5.74) is 2.34. The molecule has 1 unspecified atom stereocenters. The van der Waals surface area contributed by atoms with Gasteiger partial charge in [0.25, 0.3) is 5.91 Å². The van der Waals surface area contributed by atoms with Gasteiger partial charge < -0.3 is 19.7 Å². The lowest BCUT2D eigenvalue weighted by molar-refractivity contribution is -0.151. The molecule has 2 aromatic carbocycles. The van der Waals surface area contributed by atoms with Gasteiger partial charge in [-0.05, 0) is 71.7 Å². The summed E-state index contributed by atoms with van der Waals surface area (Å²) in [7, 11) is 0. The van der Waals surface area contributed by atoms with Gasteiger partial charge in [-0.3, -0.25) is 14.4 Å². The number of hydrogen-bond donors (Lipinski definition) is 1. The molecule has 2 aromatic rings. The van der Waals surface area contributed by atoms with Crippen molar-refractivity contribution in [2.75, 3.05) is 30.0 Å². The highest BCUT2D eigenvalue weighted by molar-refractivity contribution is 9.10. The third-order valence-electron chi connectivity index (χ3n) is 4.66. The van der Waals surface area contributed by atoms with Crippen molar-refractivity contribution >= 4 is 45.1 Å². The van der Waals surface area contributed by atoms with Gasteiger partial charge in [0.1, 0.15) is 5.75 Å². The number of amides is 2. The van der Waals surface area contributed by atoms with Crippen molar-refractivity contribution < 1.29 is 23.9 Å². The smallest absolute Gasteiger partial charge is 0.311 e. The molecule has 0 saturated carbocycles. The fourth-order valence-electron chi connectivity index (χ4n) is 3.17. The summed E-state index contributed by atoms with van der Waals surface area (Å²) >= 11 is 3.38. The molecule has 1 atom stereocenters. The highest BCUT2D eigenvalue weighted by Gasteiger charge is 2.36. The first-order valence-corrected chi connectivity index (χ1v) is 10.4. The van der Waals surface area contributed by atoms with Gasteiger partial charge >= 0.3 is 5.97 Å². The number of nitrogens with one attached hydrogen (secondary N) is 1. The molecule has 0 aliphatic carbocycles. The summed E-state index contributed by atoms with van der Waals surface area (Å²) in [6.07, 6.45) is 0.0528. The molecule has 0 radical (unpaired) electrons. The van der Waals surface area contributed by atoms with E-state index in [0.717, 1.165) is 15.8 Å². The Labute approximate surface area is 183 Å². The number of esters is 1. The lowest BCUT2D eigenvalue weighted by Gasteiger charge is -2.17. The monoisotopic (exact) mass is 474 g/mol. The average Bonchev–Trinajstić information content (AvgIpc) is 3.11. The van der Waals surface area contributed by atoms with E-state index in [1.165, 1.54) is 0 Å². The van der Waals surface area contributed by atoms with Crippen LogP contribution in [0.15, 0.2) is 46.9 Å². The van der Waals surface area contributed by atoms with Crippen LogP contribution in [0.4, 0.5) is 11.4 Å². The first kappa shape index (κ1) is 21.8. The molecule has 158 valence electrons. The van der Waals surface area contributed by atoms with Gasteiger partial charge in [-0.15, -0.1) is 0 Å².